The van der Waals surface area contributed by atoms with Crippen molar-refractivity contribution in [2.75, 3.05) is 0 Å². The van der Waals surface area contributed by atoms with Crippen molar-refractivity contribution in [1.82, 2.24) is 14.5 Å². The fourth-order valence-electron chi connectivity index (χ4n) is 2.20. The zero-order valence-corrected chi connectivity index (χ0v) is 11.5. The first-order chi connectivity index (χ1) is 9.95. The van der Waals surface area contributed by atoms with Gasteiger partial charge >= 0.3 is 11.7 Å². The minimum atomic E-state index is -1.04. The van der Waals surface area contributed by atoms with Crippen molar-refractivity contribution in [2.24, 2.45) is 0 Å². The molecular weight excluding hydrogens is 274 g/mol. The third-order valence-corrected chi connectivity index (χ3v) is 3.39. The Bertz CT molecular complexity index is 881. The molecule has 7 nitrogen and oxygen atoms in total. The molecule has 0 saturated heterocycles. The van der Waals surface area contributed by atoms with Crippen molar-refractivity contribution in [3.8, 4) is 0 Å². The first kappa shape index (κ1) is 13.2. The molecule has 7 heteroatoms. The molecule has 2 aromatic heterocycles. The van der Waals surface area contributed by atoms with Gasteiger partial charge in [-0.2, -0.15) is 0 Å². The fourth-order valence-corrected chi connectivity index (χ4v) is 2.20. The van der Waals surface area contributed by atoms with Gasteiger partial charge in [-0.15, -0.1) is 0 Å². The summed E-state index contributed by atoms with van der Waals surface area (Å²) < 4.78 is 6.94. The van der Waals surface area contributed by atoms with Gasteiger partial charge in [0.05, 0.1) is 22.3 Å². The van der Waals surface area contributed by atoms with Crippen molar-refractivity contribution in [3.63, 3.8) is 0 Å². The highest BCUT2D eigenvalue weighted by molar-refractivity contribution is 5.92. The van der Waals surface area contributed by atoms with E-state index in [4.69, 9.17) is 9.52 Å². The molecule has 0 radical (unpaired) electrons. The van der Waals surface area contributed by atoms with Crippen LogP contribution in [0.1, 0.15) is 27.7 Å². The largest absolute Gasteiger partial charge is 0.478 e. The molecule has 0 aliphatic carbocycles. The molecule has 0 aliphatic rings. The summed E-state index contributed by atoms with van der Waals surface area (Å²) in [6.07, 6.45) is 0. The van der Waals surface area contributed by atoms with Crippen LogP contribution in [0.3, 0.4) is 0 Å². The highest BCUT2D eigenvalue weighted by Crippen LogP contribution is 2.15. The summed E-state index contributed by atoms with van der Waals surface area (Å²) in [5.74, 6) is 0.116. The van der Waals surface area contributed by atoms with Crippen LogP contribution in [0.2, 0.25) is 0 Å². The van der Waals surface area contributed by atoms with E-state index < -0.39 is 5.97 Å². The predicted molar refractivity (Wildman–Crippen MR) is 74.6 cm³/mol. The second kappa shape index (κ2) is 4.62. The molecule has 0 unspecified atom stereocenters. The summed E-state index contributed by atoms with van der Waals surface area (Å²) in [5, 5.41) is 8.97. The molecule has 2 heterocycles. The van der Waals surface area contributed by atoms with Crippen molar-refractivity contribution in [3.05, 3.63) is 51.6 Å². The highest BCUT2D eigenvalue weighted by Gasteiger charge is 2.13. The molecule has 3 aromatic rings. The Kier molecular flexibility index (Phi) is 2.90. The number of nitrogens with zero attached hydrogens (tertiary/aromatic N) is 2. The van der Waals surface area contributed by atoms with Crippen LogP contribution >= 0.6 is 0 Å². The average Bonchev–Trinajstić information content (AvgIpc) is 2.90. The normalized spacial score (nSPS) is 11.1. The Morgan fingerprint density at radius 3 is 2.81 bits per heavy atom. The third-order valence-electron chi connectivity index (χ3n) is 3.39. The zero-order chi connectivity index (χ0) is 15.1. The number of rotatable bonds is 3. The van der Waals surface area contributed by atoms with Crippen LogP contribution in [0.25, 0.3) is 11.0 Å². The second-order valence-corrected chi connectivity index (χ2v) is 4.80. The quantitative estimate of drug-likeness (QED) is 0.763. The lowest BCUT2D eigenvalue weighted by molar-refractivity contribution is 0.0697. The van der Waals surface area contributed by atoms with Gasteiger partial charge in [-0.25, -0.2) is 14.6 Å². The SMILES string of the molecule is Cc1nc(Cn2c(=O)[nH]c3cc(C(=O)O)ccc32)oc1C. The number of carboxylic acids is 1. The third kappa shape index (κ3) is 2.22. The van der Waals surface area contributed by atoms with E-state index in [0.717, 1.165) is 5.69 Å². The van der Waals surface area contributed by atoms with E-state index >= 15 is 0 Å². The van der Waals surface area contributed by atoms with Gasteiger partial charge in [-0.1, -0.05) is 0 Å². The lowest BCUT2D eigenvalue weighted by Crippen LogP contribution is -2.17. The molecule has 0 atom stereocenters. The van der Waals surface area contributed by atoms with E-state index in [2.05, 4.69) is 9.97 Å². The molecule has 0 fully saturated rings. The summed E-state index contributed by atoms with van der Waals surface area (Å²) in [7, 11) is 0. The number of aromatic carboxylic acids is 1. The number of carboxylic acid groups (broad SMARTS) is 1. The first-order valence-electron chi connectivity index (χ1n) is 6.34. The maximum Gasteiger partial charge on any atom is 0.335 e. The van der Waals surface area contributed by atoms with Crippen LogP contribution in [0, 0.1) is 13.8 Å². The van der Waals surface area contributed by atoms with Gasteiger partial charge in [0.25, 0.3) is 0 Å². The number of imidazole rings is 1. The van der Waals surface area contributed by atoms with Gasteiger partial charge in [0.1, 0.15) is 12.3 Å². The molecule has 2 N–H and O–H groups in total. The number of fused-ring (bicyclic) bond motifs is 1. The van der Waals surface area contributed by atoms with Gasteiger partial charge in [0, 0.05) is 0 Å². The summed E-state index contributed by atoms with van der Waals surface area (Å²) in [6.45, 7) is 3.84. The van der Waals surface area contributed by atoms with E-state index in [0.29, 0.717) is 22.7 Å². The molecule has 0 amide bonds. The maximum atomic E-state index is 12.0. The predicted octanol–water partition coefficient (Wildman–Crippen LogP) is 1.68. The molecule has 0 spiro atoms. The number of aromatic nitrogens is 3. The highest BCUT2D eigenvalue weighted by atomic mass is 16.4. The number of H-pyrrole nitrogens is 1. The number of carbonyl (C=O) groups is 1. The number of hydrogen-bond acceptors (Lipinski definition) is 4. The Labute approximate surface area is 118 Å². The van der Waals surface area contributed by atoms with Crippen LogP contribution in [-0.2, 0) is 6.54 Å². The van der Waals surface area contributed by atoms with E-state index in [1.807, 2.05) is 13.8 Å². The fraction of sp³-hybridized carbons (Fsp3) is 0.214. The van der Waals surface area contributed by atoms with Crippen molar-refractivity contribution in [1.29, 1.82) is 0 Å². The number of hydrogen-bond donors (Lipinski definition) is 2. The first-order valence-corrected chi connectivity index (χ1v) is 6.34. The van der Waals surface area contributed by atoms with Gasteiger partial charge in [-0.05, 0) is 32.0 Å². The number of oxazole rings is 1. The maximum absolute atomic E-state index is 12.0. The molecule has 0 aliphatic heterocycles. The van der Waals surface area contributed by atoms with Crippen LogP contribution in [0.4, 0.5) is 0 Å². The van der Waals surface area contributed by atoms with Crippen molar-refractivity contribution in [2.45, 2.75) is 20.4 Å². The number of aromatic amines is 1. The smallest absolute Gasteiger partial charge is 0.335 e. The molecule has 108 valence electrons. The minimum Gasteiger partial charge on any atom is -0.478 e. The Balaban J connectivity index is 2.08. The van der Waals surface area contributed by atoms with Gasteiger partial charge in [0.2, 0.25) is 5.89 Å². The lowest BCUT2D eigenvalue weighted by atomic mass is 10.2. The average molecular weight is 287 g/mol. The summed E-state index contributed by atoms with van der Waals surface area (Å²) >= 11 is 0. The van der Waals surface area contributed by atoms with Crippen LogP contribution < -0.4 is 5.69 Å². The Morgan fingerprint density at radius 1 is 1.43 bits per heavy atom. The van der Waals surface area contributed by atoms with Crippen LogP contribution in [0.5, 0.6) is 0 Å². The molecule has 0 bridgehead atoms. The van der Waals surface area contributed by atoms with Gasteiger partial charge < -0.3 is 14.5 Å². The van der Waals surface area contributed by atoms with E-state index in [1.54, 1.807) is 6.07 Å². The van der Waals surface area contributed by atoms with E-state index in [9.17, 15) is 9.59 Å². The van der Waals surface area contributed by atoms with Crippen LogP contribution in [0.15, 0.2) is 27.4 Å². The minimum absolute atomic E-state index is 0.124. The number of aryl methyl sites for hydroxylation is 2. The molecule has 21 heavy (non-hydrogen) atoms. The molecular formula is C14H13N3O4. The molecule has 1 aromatic carbocycles. The number of benzene rings is 1. The van der Waals surface area contributed by atoms with Gasteiger partial charge in [-0.3, -0.25) is 4.57 Å². The summed E-state index contributed by atoms with van der Waals surface area (Å²) in [6, 6.07) is 4.49. The van der Waals surface area contributed by atoms with Gasteiger partial charge in [0.15, 0.2) is 0 Å². The Morgan fingerprint density at radius 2 is 2.19 bits per heavy atom. The molecule has 3 rings (SSSR count). The summed E-state index contributed by atoms with van der Waals surface area (Å²) in [4.78, 5) is 29.8. The second-order valence-electron chi connectivity index (χ2n) is 4.80. The lowest BCUT2D eigenvalue weighted by Gasteiger charge is -2.00. The molecule has 0 saturated carbocycles. The van der Waals surface area contributed by atoms with Crippen molar-refractivity contribution < 1.29 is 14.3 Å². The van der Waals surface area contributed by atoms with Crippen LogP contribution in [-0.4, -0.2) is 25.6 Å². The summed E-state index contributed by atoms with van der Waals surface area (Å²) in [5.41, 5.74) is 1.66. The number of nitrogens with one attached hydrogen (secondary N) is 1. The zero-order valence-electron chi connectivity index (χ0n) is 11.5. The van der Waals surface area contributed by atoms with E-state index in [-0.39, 0.29) is 17.8 Å². The van der Waals surface area contributed by atoms with E-state index in [1.165, 1.54) is 16.7 Å². The monoisotopic (exact) mass is 287 g/mol. The standard InChI is InChI=1S/C14H13N3O4/c1-7-8(2)21-12(15-7)6-17-11-4-3-9(13(18)19)5-10(11)16-14(17)20/h3-5H,6H2,1-2H3,(H,16,20)(H,18,19). The topological polar surface area (TPSA) is 101 Å². The Hall–Kier alpha value is -2.83. The van der Waals surface area contributed by atoms with Crippen molar-refractivity contribution >= 4 is 17.0 Å².